The summed E-state index contributed by atoms with van der Waals surface area (Å²) in [6, 6.07) is 177. The zero-order chi connectivity index (χ0) is 82.0. The molecule has 0 radical (unpaired) electrons. The number of hydrogen-bond donors (Lipinski definition) is 0. The Kier molecular flexibility index (Phi) is 18.2. The minimum absolute atomic E-state index is 1.13. The van der Waals surface area contributed by atoms with Crippen molar-refractivity contribution in [1.29, 1.82) is 0 Å². The molecule has 24 rings (SSSR count). The highest BCUT2D eigenvalue weighted by molar-refractivity contribution is 6.24. The fraction of sp³-hybridized carbons (Fsp3) is 0. The Bertz CT molecular complexity index is 8060. The highest BCUT2D eigenvalue weighted by Gasteiger charge is 2.26. The molecule has 580 valence electrons. The average Bonchev–Trinajstić information content (AvgIpc) is 1.56. The molecule has 4 nitrogen and oxygen atoms in total. The van der Waals surface area contributed by atoms with Crippen molar-refractivity contribution in [3.63, 3.8) is 0 Å². The number of hydrogen-bond acceptors (Lipinski definition) is 0. The standard InChI is InChI=1S/2C60H40N2/c1-5-19-41(20-6-1)45-37-46(42-21-7-2-8-22-42)39-48(38-45)62-56-32-16-14-28-53(56)60-51(30-18-34-58(60)62)50-29-17-33-57-59(50)52-27-13-15-31-55(52)61(57)47-35-36-49(43-23-9-3-10-24-43)54(40-47)44-25-11-4-12-26-44;1-4-19-41(20-5-1)45-37-46(42-21-6-2-7-22-42)40-48(39-45)62-56-34-15-13-30-54(56)60-52(32-18-36-58(60)62)51-31-17-35-57-59(51)53-29-12-14-33-55(53)61(57)47-26-16-25-44(38-47)50-28-11-10-27-49(50)43-23-8-3-9-24-43/h2*1-40H. The highest BCUT2D eigenvalue weighted by atomic mass is 15.0. The van der Waals surface area contributed by atoms with Gasteiger partial charge in [-0.25, -0.2) is 0 Å². The maximum Gasteiger partial charge on any atom is 0.0547 e. The fourth-order valence-electron chi connectivity index (χ4n) is 19.6. The van der Waals surface area contributed by atoms with Gasteiger partial charge in [0.25, 0.3) is 0 Å². The van der Waals surface area contributed by atoms with E-state index in [1.165, 1.54) is 198 Å². The largest absolute Gasteiger partial charge is 0.309 e. The Hall–Kier alpha value is -16.4. The maximum atomic E-state index is 2.47. The number of rotatable bonds is 14. The van der Waals surface area contributed by atoms with E-state index in [1.54, 1.807) is 0 Å². The van der Waals surface area contributed by atoms with Crippen LogP contribution < -0.4 is 0 Å². The molecule has 0 aliphatic carbocycles. The monoisotopic (exact) mass is 1580 g/mol. The van der Waals surface area contributed by atoms with E-state index < -0.39 is 0 Å². The predicted octanol–water partition coefficient (Wildman–Crippen LogP) is 32.4. The summed E-state index contributed by atoms with van der Waals surface area (Å²) in [5.41, 5.74) is 38.1. The summed E-state index contributed by atoms with van der Waals surface area (Å²) in [5.74, 6) is 0. The lowest BCUT2D eigenvalue weighted by Crippen LogP contribution is -1.96. The van der Waals surface area contributed by atoms with Crippen molar-refractivity contribution in [3.8, 4) is 134 Å². The summed E-state index contributed by atoms with van der Waals surface area (Å²) in [6.07, 6.45) is 0. The van der Waals surface area contributed by atoms with Crippen molar-refractivity contribution in [2.24, 2.45) is 0 Å². The lowest BCUT2D eigenvalue weighted by molar-refractivity contribution is 1.18. The SMILES string of the molecule is c1ccc(-c2cc(-c3ccccc3)cc(-n3c4ccccc4c4c(-c5cccc6c5c5ccccc5n6-c5ccc(-c6ccccc6)c(-c6ccccc6)c5)cccc43)c2)cc1.c1ccc(-c2cc(-c3ccccc3)cc(-n3c4ccccc4c4c(-c5cccc6c5c5ccccc5n6-c5cccc(-c6ccccc6-c6ccccc6)c5)cccc43)c2)cc1. The van der Waals surface area contributed by atoms with Crippen LogP contribution in [0.25, 0.3) is 221 Å². The Morgan fingerprint density at radius 3 is 0.653 bits per heavy atom. The zero-order valence-corrected chi connectivity index (χ0v) is 68.0. The molecule has 20 aromatic carbocycles. The molecule has 0 spiro atoms. The Labute approximate surface area is 719 Å². The van der Waals surface area contributed by atoms with E-state index in [0.717, 1.165) is 22.7 Å². The number of para-hydroxylation sites is 4. The van der Waals surface area contributed by atoms with E-state index in [4.69, 9.17) is 0 Å². The maximum absolute atomic E-state index is 2.47. The molecule has 0 fully saturated rings. The van der Waals surface area contributed by atoms with Crippen LogP contribution >= 0.6 is 0 Å². The molecule has 0 aliphatic heterocycles. The first-order valence-corrected chi connectivity index (χ1v) is 42.7. The van der Waals surface area contributed by atoms with Crippen LogP contribution in [0.15, 0.2) is 485 Å². The molecule has 0 N–H and O–H groups in total. The van der Waals surface area contributed by atoms with Crippen molar-refractivity contribution in [2.75, 3.05) is 0 Å². The number of nitrogens with zero attached hydrogens (tertiary/aromatic N) is 4. The number of aromatic nitrogens is 4. The van der Waals surface area contributed by atoms with Crippen molar-refractivity contribution in [1.82, 2.24) is 18.3 Å². The van der Waals surface area contributed by atoms with Gasteiger partial charge in [0.15, 0.2) is 0 Å². The highest BCUT2D eigenvalue weighted by Crippen LogP contribution is 2.49. The topological polar surface area (TPSA) is 19.7 Å². The Balaban J connectivity index is 0.000000143. The molecule has 4 heteroatoms. The quantitative estimate of drug-likeness (QED) is 0.103. The van der Waals surface area contributed by atoms with Gasteiger partial charge in [0.1, 0.15) is 0 Å². The summed E-state index contributed by atoms with van der Waals surface area (Å²) in [6.45, 7) is 0. The third kappa shape index (κ3) is 12.7. The summed E-state index contributed by atoms with van der Waals surface area (Å²) < 4.78 is 9.84. The number of benzene rings is 20. The van der Waals surface area contributed by atoms with E-state index in [-0.39, 0.29) is 0 Å². The van der Waals surface area contributed by atoms with Crippen molar-refractivity contribution in [2.45, 2.75) is 0 Å². The van der Waals surface area contributed by atoms with Crippen LogP contribution in [0.4, 0.5) is 0 Å². The first-order valence-electron chi connectivity index (χ1n) is 42.7. The predicted molar refractivity (Wildman–Crippen MR) is 525 cm³/mol. The van der Waals surface area contributed by atoms with Crippen LogP contribution in [0.2, 0.25) is 0 Å². The Morgan fingerprint density at radius 1 is 0.105 bits per heavy atom. The molecule has 0 saturated carbocycles. The van der Waals surface area contributed by atoms with Crippen molar-refractivity contribution in [3.05, 3.63) is 485 Å². The van der Waals surface area contributed by atoms with Crippen LogP contribution in [0, 0.1) is 0 Å². The molecule has 4 aromatic heterocycles. The first-order chi connectivity index (χ1) is 61.6. The zero-order valence-electron chi connectivity index (χ0n) is 68.0. The van der Waals surface area contributed by atoms with E-state index in [2.05, 4.69) is 504 Å². The van der Waals surface area contributed by atoms with Gasteiger partial charge in [-0.15, -0.1) is 0 Å². The molecule has 0 atom stereocenters. The Morgan fingerprint density at radius 2 is 0.323 bits per heavy atom. The average molecular weight is 1580 g/mol. The molecule has 0 aliphatic rings. The van der Waals surface area contributed by atoms with Crippen molar-refractivity contribution < 1.29 is 0 Å². The van der Waals surface area contributed by atoms with Gasteiger partial charge in [-0.2, -0.15) is 0 Å². The molecule has 0 unspecified atom stereocenters. The second-order valence-electron chi connectivity index (χ2n) is 32.1. The lowest BCUT2D eigenvalue weighted by Gasteiger charge is -2.15. The third-order valence-corrected chi connectivity index (χ3v) is 25.0. The van der Waals surface area contributed by atoms with Crippen LogP contribution in [-0.4, -0.2) is 18.3 Å². The molecular weight excluding hydrogens is 1500 g/mol. The second kappa shape index (κ2) is 31.1. The third-order valence-electron chi connectivity index (χ3n) is 25.0. The summed E-state index contributed by atoms with van der Waals surface area (Å²) >= 11 is 0. The van der Waals surface area contributed by atoms with E-state index >= 15 is 0 Å². The van der Waals surface area contributed by atoms with Gasteiger partial charge in [0.05, 0.1) is 44.1 Å². The van der Waals surface area contributed by atoms with Crippen LogP contribution in [-0.2, 0) is 0 Å². The second-order valence-corrected chi connectivity index (χ2v) is 32.1. The molecule has 0 amide bonds. The lowest BCUT2D eigenvalue weighted by atomic mass is 9.94. The molecule has 4 heterocycles. The normalized spacial score (nSPS) is 11.5. The van der Waals surface area contributed by atoms with E-state index in [1.807, 2.05) is 0 Å². The van der Waals surface area contributed by atoms with Crippen LogP contribution in [0.5, 0.6) is 0 Å². The van der Waals surface area contributed by atoms with Crippen LogP contribution in [0.3, 0.4) is 0 Å². The van der Waals surface area contributed by atoms with Crippen LogP contribution in [0.1, 0.15) is 0 Å². The first kappa shape index (κ1) is 72.8. The van der Waals surface area contributed by atoms with Gasteiger partial charge in [0.2, 0.25) is 0 Å². The molecule has 0 saturated heterocycles. The van der Waals surface area contributed by atoms with E-state index in [9.17, 15) is 0 Å². The minimum atomic E-state index is 1.13. The van der Waals surface area contributed by atoms with E-state index in [0.29, 0.717) is 0 Å². The smallest absolute Gasteiger partial charge is 0.0547 e. The molecule has 24 aromatic rings. The summed E-state index contributed by atoms with van der Waals surface area (Å²) in [5, 5.41) is 9.92. The van der Waals surface area contributed by atoms with Gasteiger partial charge >= 0.3 is 0 Å². The van der Waals surface area contributed by atoms with Gasteiger partial charge in [-0.3, -0.25) is 0 Å². The fourth-order valence-corrected chi connectivity index (χ4v) is 19.6. The molecular formula is C120H80N4. The van der Waals surface area contributed by atoms with Gasteiger partial charge in [-0.05, 0) is 220 Å². The number of fused-ring (bicyclic) bond motifs is 12. The van der Waals surface area contributed by atoms with Gasteiger partial charge in [-0.1, -0.05) is 376 Å². The summed E-state index contributed by atoms with van der Waals surface area (Å²) in [7, 11) is 0. The summed E-state index contributed by atoms with van der Waals surface area (Å²) in [4.78, 5) is 0. The minimum Gasteiger partial charge on any atom is -0.309 e. The van der Waals surface area contributed by atoms with Gasteiger partial charge in [0, 0.05) is 65.8 Å². The van der Waals surface area contributed by atoms with Crippen molar-refractivity contribution >= 4 is 87.2 Å². The van der Waals surface area contributed by atoms with Gasteiger partial charge < -0.3 is 18.3 Å². The molecule has 124 heavy (non-hydrogen) atoms. The molecule has 0 bridgehead atoms.